The van der Waals surface area contributed by atoms with Crippen molar-refractivity contribution in [2.45, 2.75) is 6.10 Å². The van der Waals surface area contributed by atoms with Gasteiger partial charge in [0, 0.05) is 5.56 Å². The Kier molecular flexibility index (Phi) is 6.28. The molecule has 5 N–H and O–H groups in total. The van der Waals surface area contributed by atoms with Gasteiger partial charge in [-0.15, -0.1) is 0 Å². The van der Waals surface area contributed by atoms with Gasteiger partial charge in [-0.05, 0) is 42.0 Å². The summed E-state index contributed by atoms with van der Waals surface area (Å²) in [5.41, 5.74) is 7.45. The molecule has 0 bridgehead atoms. The van der Waals surface area contributed by atoms with Gasteiger partial charge < -0.3 is 26.0 Å². The minimum absolute atomic E-state index is 0.188. The summed E-state index contributed by atoms with van der Waals surface area (Å²) in [6.07, 6.45) is 0.291. The lowest BCUT2D eigenvalue weighted by molar-refractivity contribution is -0.138. The number of hydrogen-bond donors (Lipinski definition) is 4. The molecule has 9 nitrogen and oxygen atoms in total. The molecular formula is C20H19FN4O5. The SMILES string of the molecule is Nc1c(C(O)c2cccc(OCC(=O)NCC(=O)O)c2)cnn1-c1ccc(F)cc1. The number of hydrogen-bond acceptors (Lipinski definition) is 6. The van der Waals surface area contributed by atoms with E-state index in [1.54, 1.807) is 18.2 Å². The van der Waals surface area contributed by atoms with Crippen LogP contribution in [0.5, 0.6) is 5.75 Å². The second-order valence-electron chi connectivity index (χ2n) is 6.31. The van der Waals surface area contributed by atoms with Crippen LogP contribution in [0.4, 0.5) is 10.2 Å². The number of nitrogens with two attached hydrogens (primary N) is 1. The molecule has 0 fully saturated rings. The molecule has 3 aromatic rings. The average molecular weight is 414 g/mol. The third-order valence-corrected chi connectivity index (χ3v) is 4.18. The Balaban J connectivity index is 1.72. The molecule has 156 valence electrons. The van der Waals surface area contributed by atoms with Crippen molar-refractivity contribution >= 4 is 17.7 Å². The summed E-state index contributed by atoms with van der Waals surface area (Å²) in [4.78, 5) is 22.0. The number of nitrogen functional groups attached to an aromatic ring is 1. The lowest BCUT2D eigenvalue weighted by Gasteiger charge is -2.13. The number of amides is 1. The maximum Gasteiger partial charge on any atom is 0.322 e. The van der Waals surface area contributed by atoms with E-state index in [1.807, 2.05) is 0 Å². The third kappa shape index (κ3) is 4.92. The summed E-state index contributed by atoms with van der Waals surface area (Å²) >= 11 is 0. The zero-order chi connectivity index (χ0) is 21.7. The Bertz CT molecular complexity index is 1050. The molecule has 2 aromatic carbocycles. The van der Waals surface area contributed by atoms with E-state index in [-0.39, 0.29) is 12.4 Å². The van der Waals surface area contributed by atoms with Crippen LogP contribution in [-0.2, 0) is 9.59 Å². The molecule has 0 aliphatic heterocycles. The largest absolute Gasteiger partial charge is 0.484 e. The van der Waals surface area contributed by atoms with Crippen molar-refractivity contribution in [3.63, 3.8) is 0 Å². The van der Waals surface area contributed by atoms with Crippen LogP contribution in [0.1, 0.15) is 17.2 Å². The third-order valence-electron chi connectivity index (χ3n) is 4.18. The van der Waals surface area contributed by atoms with Gasteiger partial charge in [0.05, 0.1) is 11.9 Å². The van der Waals surface area contributed by atoms with Crippen LogP contribution >= 0.6 is 0 Å². The first-order valence-electron chi connectivity index (χ1n) is 8.84. The molecule has 30 heavy (non-hydrogen) atoms. The molecule has 0 aliphatic rings. The quantitative estimate of drug-likeness (QED) is 0.435. The Morgan fingerprint density at radius 2 is 1.97 bits per heavy atom. The average Bonchev–Trinajstić information content (AvgIpc) is 3.12. The van der Waals surface area contributed by atoms with Crippen LogP contribution in [0.3, 0.4) is 0 Å². The summed E-state index contributed by atoms with van der Waals surface area (Å²) in [5.74, 6) is -1.64. The standard InChI is InChI=1S/C20H19FN4O5/c21-13-4-6-14(7-5-13)25-20(22)16(9-24-25)19(29)12-2-1-3-15(8-12)30-11-17(26)23-10-18(27)28/h1-9,19,29H,10-11,22H2,(H,23,26)(H,27,28). The number of aromatic nitrogens is 2. The van der Waals surface area contributed by atoms with Gasteiger partial charge in [0.15, 0.2) is 6.61 Å². The number of anilines is 1. The number of nitrogens with zero attached hydrogens (tertiary/aromatic N) is 2. The molecule has 1 atom stereocenters. The summed E-state index contributed by atoms with van der Waals surface area (Å²) in [6, 6.07) is 12.0. The van der Waals surface area contributed by atoms with Crippen molar-refractivity contribution in [2.75, 3.05) is 18.9 Å². The highest BCUT2D eigenvalue weighted by Crippen LogP contribution is 2.30. The first-order valence-corrected chi connectivity index (χ1v) is 8.84. The second-order valence-corrected chi connectivity index (χ2v) is 6.31. The van der Waals surface area contributed by atoms with Crippen molar-refractivity contribution in [1.82, 2.24) is 15.1 Å². The van der Waals surface area contributed by atoms with E-state index in [2.05, 4.69) is 10.4 Å². The summed E-state index contributed by atoms with van der Waals surface area (Å²) in [5, 5.41) is 25.6. The number of aliphatic hydroxyl groups excluding tert-OH is 1. The predicted molar refractivity (Wildman–Crippen MR) is 105 cm³/mol. The highest BCUT2D eigenvalue weighted by Gasteiger charge is 2.19. The van der Waals surface area contributed by atoms with Crippen molar-refractivity contribution < 1.29 is 28.9 Å². The van der Waals surface area contributed by atoms with E-state index in [1.165, 1.54) is 41.2 Å². The number of aliphatic hydroxyl groups is 1. The van der Waals surface area contributed by atoms with E-state index in [4.69, 9.17) is 15.6 Å². The van der Waals surface area contributed by atoms with Crippen molar-refractivity contribution in [3.8, 4) is 11.4 Å². The van der Waals surface area contributed by atoms with E-state index in [0.29, 0.717) is 22.6 Å². The summed E-state index contributed by atoms with van der Waals surface area (Å²) < 4.78 is 19.8. The predicted octanol–water partition coefficient (Wildman–Crippen LogP) is 1.25. The molecular weight excluding hydrogens is 395 g/mol. The number of ether oxygens (including phenoxy) is 1. The highest BCUT2D eigenvalue weighted by atomic mass is 19.1. The van der Waals surface area contributed by atoms with E-state index in [9.17, 15) is 19.1 Å². The number of carbonyl (C=O) groups is 2. The van der Waals surface area contributed by atoms with Crippen molar-refractivity contribution in [1.29, 1.82) is 0 Å². The molecule has 0 aliphatic carbocycles. The summed E-state index contributed by atoms with van der Waals surface area (Å²) in [6.45, 7) is -0.879. The maximum absolute atomic E-state index is 13.1. The number of halogens is 1. The molecule has 0 saturated heterocycles. The molecule has 10 heteroatoms. The zero-order valence-corrected chi connectivity index (χ0v) is 15.7. The normalized spacial score (nSPS) is 11.7. The number of benzene rings is 2. The van der Waals surface area contributed by atoms with Gasteiger partial charge in [0.1, 0.15) is 30.0 Å². The van der Waals surface area contributed by atoms with Crippen LogP contribution < -0.4 is 15.8 Å². The lowest BCUT2D eigenvalue weighted by atomic mass is 10.0. The van der Waals surface area contributed by atoms with Crippen LogP contribution in [0.25, 0.3) is 5.69 Å². The number of rotatable bonds is 8. The maximum atomic E-state index is 13.1. The van der Waals surface area contributed by atoms with Gasteiger partial charge in [-0.25, -0.2) is 9.07 Å². The number of nitrogens with one attached hydrogen (secondary N) is 1. The molecule has 3 rings (SSSR count). The van der Waals surface area contributed by atoms with Gasteiger partial charge in [-0.3, -0.25) is 9.59 Å². The topological polar surface area (TPSA) is 140 Å². The number of aliphatic carboxylic acids is 1. The van der Waals surface area contributed by atoms with Gasteiger partial charge in [-0.2, -0.15) is 5.10 Å². The molecule has 0 spiro atoms. The first kappa shape index (κ1) is 20.8. The van der Waals surface area contributed by atoms with Crippen LogP contribution in [0.15, 0.2) is 54.7 Å². The van der Waals surface area contributed by atoms with Crippen molar-refractivity contribution in [2.24, 2.45) is 0 Å². The highest BCUT2D eigenvalue weighted by molar-refractivity contribution is 5.82. The second kappa shape index (κ2) is 9.05. The van der Waals surface area contributed by atoms with E-state index >= 15 is 0 Å². The Morgan fingerprint density at radius 3 is 2.67 bits per heavy atom. The van der Waals surface area contributed by atoms with Gasteiger partial charge >= 0.3 is 5.97 Å². The van der Waals surface area contributed by atoms with E-state index in [0.717, 1.165) is 0 Å². The van der Waals surface area contributed by atoms with Crippen LogP contribution in [0.2, 0.25) is 0 Å². The molecule has 1 amide bonds. The lowest BCUT2D eigenvalue weighted by Crippen LogP contribution is -2.33. The smallest absolute Gasteiger partial charge is 0.322 e. The minimum Gasteiger partial charge on any atom is -0.484 e. The molecule has 1 aromatic heterocycles. The van der Waals surface area contributed by atoms with Crippen LogP contribution in [-0.4, -0.2) is 45.0 Å². The molecule has 1 heterocycles. The fourth-order valence-corrected chi connectivity index (χ4v) is 2.70. The zero-order valence-electron chi connectivity index (χ0n) is 15.7. The summed E-state index contributed by atoms with van der Waals surface area (Å²) in [7, 11) is 0. The Morgan fingerprint density at radius 1 is 1.23 bits per heavy atom. The Hall–Kier alpha value is -3.92. The molecule has 0 radical (unpaired) electrons. The fourth-order valence-electron chi connectivity index (χ4n) is 2.70. The van der Waals surface area contributed by atoms with E-state index < -0.39 is 30.3 Å². The molecule has 0 saturated carbocycles. The van der Waals surface area contributed by atoms with Gasteiger partial charge in [0.2, 0.25) is 0 Å². The first-order chi connectivity index (χ1) is 14.3. The van der Waals surface area contributed by atoms with Gasteiger partial charge in [0.25, 0.3) is 5.91 Å². The number of carbonyl (C=O) groups excluding carboxylic acids is 1. The fraction of sp³-hybridized carbons (Fsp3) is 0.150. The monoisotopic (exact) mass is 414 g/mol. The Labute approximate surface area is 170 Å². The van der Waals surface area contributed by atoms with Crippen molar-refractivity contribution in [3.05, 3.63) is 71.7 Å². The molecule has 1 unspecified atom stereocenters. The minimum atomic E-state index is -1.16. The van der Waals surface area contributed by atoms with Crippen LogP contribution in [0, 0.1) is 5.82 Å². The number of carboxylic acid groups (broad SMARTS) is 1. The number of carboxylic acids is 1. The van der Waals surface area contributed by atoms with Gasteiger partial charge in [-0.1, -0.05) is 12.1 Å².